The van der Waals surface area contributed by atoms with E-state index in [0.29, 0.717) is 6.04 Å². The zero-order chi connectivity index (χ0) is 9.97. The summed E-state index contributed by atoms with van der Waals surface area (Å²) < 4.78 is 1.90. The number of hydrogen-bond donors (Lipinski definition) is 2. The topological polar surface area (TPSA) is 55.9 Å². The molecule has 2 heterocycles. The Morgan fingerprint density at radius 2 is 2.50 bits per heavy atom. The molecule has 0 aromatic carbocycles. The van der Waals surface area contributed by atoms with Gasteiger partial charge in [0, 0.05) is 12.1 Å². The van der Waals surface area contributed by atoms with Crippen molar-refractivity contribution in [1.82, 2.24) is 15.1 Å². The normalized spacial score (nSPS) is 22.5. The Balaban J connectivity index is 1.98. The summed E-state index contributed by atoms with van der Waals surface area (Å²) in [6, 6.07) is 2.47. The maximum atomic E-state index is 5.83. The lowest BCUT2D eigenvalue weighted by atomic mass is 10.1. The first-order valence-corrected chi connectivity index (χ1v) is 5.29. The van der Waals surface area contributed by atoms with Crippen LogP contribution >= 0.6 is 0 Å². The molecule has 0 spiro atoms. The summed E-state index contributed by atoms with van der Waals surface area (Å²) in [5.74, 6) is 0.773. The van der Waals surface area contributed by atoms with Crippen LogP contribution in [0.15, 0.2) is 6.07 Å². The molecule has 4 heteroatoms. The molecule has 1 aromatic rings. The number of anilines is 1. The van der Waals surface area contributed by atoms with Crippen molar-refractivity contribution in [2.45, 2.75) is 38.8 Å². The second-order valence-electron chi connectivity index (χ2n) is 4.04. The molecule has 0 bridgehead atoms. The fraction of sp³-hybridized carbons (Fsp3) is 0.700. The lowest BCUT2D eigenvalue weighted by Crippen LogP contribution is -2.37. The van der Waals surface area contributed by atoms with Gasteiger partial charge in [0.05, 0.1) is 12.2 Å². The molecule has 1 aliphatic rings. The monoisotopic (exact) mass is 194 g/mol. The van der Waals surface area contributed by atoms with E-state index in [9.17, 15) is 0 Å². The van der Waals surface area contributed by atoms with Crippen LogP contribution in [0.5, 0.6) is 0 Å². The average Bonchev–Trinajstić information content (AvgIpc) is 2.47. The second-order valence-corrected chi connectivity index (χ2v) is 4.04. The Kier molecular flexibility index (Phi) is 2.72. The molecule has 2 rings (SSSR count). The molecule has 0 unspecified atom stereocenters. The van der Waals surface area contributed by atoms with Gasteiger partial charge in [0.25, 0.3) is 0 Å². The summed E-state index contributed by atoms with van der Waals surface area (Å²) in [6.45, 7) is 4.01. The Bertz CT molecular complexity index is 299. The number of piperidine rings is 1. The van der Waals surface area contributed by atoms with Gasteiger partial charge >= 0.3 is 0 Å². The Labute approximate surface area is 84.5 Å². The van der Waals surface area contributed by atoms with Crippen LogP contribution in [0, 0.1) is 6.92 Å². The summed E-state index contributed by atoms with van der Waals surface area (Å²) >= 11 is 0. The zero-order valence-corrected chi connectivity index (χ0v) is 8.66. The minimum Gasteiger partial charge on any atom is -0.384 e. The van der Waals surface area contributed by atoms with Crippen molar-refractivity contribution >= 4 is 5.82 Å². The van der Waals surface area contributed by atoms with Gasteiger partial charge in [-0.2, -0.15) is 5.10 Å². The van der Waals surface area contributed by atoms with E-state index in [4.69, 9.17) is 5.73 Å². The number of rotatable bonds is 2. The molecular weight excluding hydrogens is 176 g/mol. The van der Waals surface area contributed by atoms with Gasteiger partial charge in [-0.1, -0.05) is 6.42 Å². The van der Waals surface area contributed by atoms with E-state index in [1.807, 2.05) is 17.7 Å². The van der Waals surface area contributed by atoms with Crippen molar-refractivity contribution in [2.75, 3.05) is 12.3 Å². The predicted molar refractivity (Wildman–Crippen MR) is 57.0 cm³/mol. The quantitative estimate of drug-likeness (QED) is 0.736. The van der Waals surface area contributed by atoms with Crippen LogP contribution < -0.4 is 11.1 Å². The van der Waals surface area contributed by atoms with Crippen LogP contribution in [-0.4, -0.2) is 22.4 Å². The van der Waals surface area contributed by atoms with Gasteiger partial charge in [-0.3, -0.25) is 0 Å². The highest BCUT2D eigenvalue weighted by molar-refractivity contribution is 5.30. The van der Waals surface area contributed by atoms with E-state index in [1.165, 1.54) is 19.3 Å². The molecule has 0 aliphatic carbocycles. The summed E-state index contributed by atoms with van der Waals surface area (Å²) in [5, 5.41) is 7.84. The van der Waals surface area contributed by atoms with Gasteiger partial charge in [0.2, 0.25) is 0 Å². The minimum absolute atomic E-state index is 0.547. The van der Waals surface area contributed by atoms with Crippen molar-refractivity contribution in [3.63, 3.8) is 0 Å². The molecule has 0 saturated carbocycles. The molecule has 78 valence electrons. The smallest absolute Gasteiger partial charge is 0.121 e. The van der Waals surface area contributed by atoms with Crippen LogP contribution in [0.2, 0.25) is 0 Å². The Hall–Kier alpha value is -1.03. The first-order valence-electron chi connectivity index (χ1n) is 5.29. The van der Waals surface area contributed by atoms with E-state index in [1.54, 1.807) is 0 Å². The number of nitrogens with two attached hydrogens (primary N) is 1. The maximum Gasteiger partial charge on any atom is 0.121 e. The molecule has 1 aliphatic heterocycles. The van der Waals surface area contributed by atoms with Crippen LogP contribution in [0.4, 0.5) is 5.82 Å². The zero-order valence-electron chi connectivity index (χ0n) is 8.66. The number of aromatic nitrogens is 2. The van der Waals surface area contributed by atoms with Crippen molar-refractivity contribution in [1.29, 1.82) is 0 Å². The molecule has 1 fully saturated rings. The SMILES string of the molecule is Cc1cc(N)n(C[C@@H]2CCCCN2)n1. The number of nitrogens with one attached hydrogen (secondary N) is 1. The van der Waals surface area contributed by atoms with Crippen molar-refractivity contribution in [3.8, 4) is 0 Å². The van der Waals surface area contributed by atoms with Crippen LogP contribution in [-0.2, 0) is 6.54 Å². The minimum atomic E-state index is 0.547. The van der Waals surface area contributed by atoms with Gasteiger partial charge in [-0.05, 0) is 26.3 Å². The van der Waals surface area contributed by atoms with Crippen LogP contribution in [0.1, 0.15) is 25.0 Å². The van der Waals surface area contributed by atoms with Gasteiger partial charge in [-0.15, -0.1) is 0 Å². The second kappa shape index (κ2) is 4.00. The third-order valence-corrected chi connectivity index (χ3v) is 2.74. The Morgan fingerprint density at radius 1 is 1.64 bits per heavy atom. The third-order valence-electron chi connectivity index (χ3n) is 2.74. The molecular formula is C10H18N4. The first-order chi connectivity index (χ1) is 6.75. The molecule has 1 atom stereocenters. The molecule has 3 N–H and O–H groups in total. The lowest BCUT2D eigenvalue weighted by molar-refractivity contribution is 0.352. The standard InChI is InChI=1S/C10H18N4/c1-8-6-10(11)14(13-8)7-9-4-2-3-5-12-9/h6,9,12H,2-5,7,11H2,1H3/t9-/m0/s1. The van der Waals surface area contributed by atoms with Gasteiger partial charge < -0.3 is 11.1 Å². The molecule has 0 amide bonds. The first kappa shape index (κ1) is 9.52. The highest BCUT2D eigenvalue weighted by Gasteiger charge is 2.14. The molecule has 0 radical (unpaired) electrons. The van der Waals surface area contributed by atoms with E-state index >= 15 is 0 Å². The van der Waals surface area contributed by atoms with Gasteiger partial charge in [0.15, 0.2) is 0 Å². The fourth-order valence-corrected chi connectivity index (χ4v) is 2.00. The van der Waals surface area contributed by atoms with Gasteiger partial charge in [0.1, 0.15) is 5.82 Å². The number of hydrogen-bond acceptors (Lipinski definition) is 3. The van der Waals surface area contributed by atoms with Gasteiger partial charge in [-0.25, -0.2) is 4.68 Å². The van der Waals surface area contributed by atoms with Crippen molar-refractivity contribution in [2.24, 2.45) is 0 Å². The van der Waals surface area contributed by atoms with Crippen molar-refractivity contribution in [3.05, 3.63) is 11.8 Å². The number of nitrogens with zero attached hydrogens (tertiary/aromatic N) is 2. The molecule has 1 aromatic heterocycles. The summed E-state index contributed by atoms with van der Waals surface area (Å²) in [4.78, 5) is 0. The van der Waals surface area contributed by atoms with Crippen molar-refractivity contribution < 1.29 is 0 Å². The molecule has 1 saturated heterocycles. The van der Waals surface area contributed by atoms with E-state index < -0.39 is 0 Å². The lowest BCUT2D eigenvalue weighted by Gasteiger charge is -2.23. The van der Waals surface area contributed by atoms with E-state index in [2.05, 4.69) is 10.4 Å². The fourth-order valence-electron chi connectivity index (χ4n) is 2.00. The maximum absolute atomic E-state index is 5.83. The number of nitrogen functional groups attached to an aromatic ring is 1. The predicted octanol–water partition coefficient (Wildman–Crippen LogP) is 0.916. The highest BCUT2D eigenvalue weighted by Crippen LogP contribution is 2.11. The molecule has 14 heavy (non-hydrogen) atoms. The van der Waals surface area contributed by atoms with Crippen LogP contribution in [0.3, 0.4) is 0 Å². The average molecular weight is 194 g/mol. The number of aryl methyl sites for hydroxylation is 1. The highest BCUT2D eigenvalue weighted by atomic mass is 15.3. The summed E-state index contributed by atoms with van der Waals surface area (Å²) in [5.41, 5.74) is 6.83. The largest absolute Gasteiger partial charge is 0.384 e. The summed E-state index contributed by atoms with van der Waals surface area (Å²) in [6.07, 6.45) is 3.85. The van der Waals surface area contributed by atoms with E-state index in [-0.39, 0.29) is 0 Å². The van der Waals surface area contributed by atoms with E-state index in [0.717, 1.165) is 24.6 Å². The molecule has 4 nitrogen and oxygen atoms in total. The van der Waals surface area contributed by atoms with Crippen LogP contribution in [0.25, 0.3) is 0 Å². The summed E-state index contributed by atoms with van der Waals surface area (Å²) in [7, 11) is 0. The Morgan fingerprint density at radius 3 is 3.07 bits per heavy atom. The third kappa shape index (κ3) is 2.07.